The zero-order valence-electron chi connectivity index (χ0n) is 8.66. The van der Waals surface area contributed by atoms with Crippen molar-refractivity contribution in [1.82, 2.24) is 0 Å². The Morgan fingerprint density at radius 3 is 2.57 bits per heavy atom. The Hall–Kier alpha value is -1.26. The van der Waals surface area contributed by atoms with Crippen LogP contribution < -0.4 is 5.73 Å². The van der Waals surface area contributed by atoms with Crippen molar-refractivity contribution in [3.63, 3.8) is 0 Å². The number of hydrogen-bond donors (Lipinski definition) is 1. The van der Waals surface area contributed by atoms with E-state index in [4.69, 9.17) is 12.2 Å². The molecule has 1 unspecified atom stereocenters. The van der Waals surface area contributed by atoms with Crippen LogP contribution in [0.5, 0.6) is 0 Å². The van der Waals surface area contributed by atoms with E-state index < -0.39 is 0 Å². The van der Waals surface area contributed by atoms with E-state index in [-0.39, 0.29) is 6.04 Å². The molecule has 0 aliphatic carbocycles. The fourth-order valence-electron chi connectivity index (χ4n) is 1.36. The number of terminal acetylenes is 1. The van der Waals surface area contributed by atoms with Crippen LogP contribution in [0.15, 0.2) is 24.3 Å². The molecule has 74 valence electrons. The summed E-state index contributed by atoms with van der Waals surface area (Å²) in [5.41, 5.74) is 8.45. The first kappa shape index (κ1) is 10.8. The standard InChI is InChI=1S/C13H17N/c1-3-4-13(14)10-9-12-7-5-11(2)6-8-12/h1,5-8,13H,4,9-10,14H2,2H3. The molecule has 1 heteroatoms. The molecule has 0 radical (unpaired) electrons. The van der Waals surface area contributed by atoms with E-state index in [2.05, 4.69) is 37.1 Å². The summed E-state index contributed by atoms with van der Waals surface area (Å²) in [5, 5.41) is 0. The number of nitrogens with two attached hydrogens (primary N) is 1. The first-order chi connectivity index (χ1) is 6.72. The fraction of sp³-hybridized carbons (Fsp3) is 0.385. The van der Waals surface area contributed by atoms with E-state index in [1.807, 2.05) is 0 Å². The molecule has 0 heterocycles. The van der Waals surface area contributed by atoms with Crippen LogP contribution >= 0.6 is 0 Å². The largest absolute Gasteiger partial charge is 0.327 e. The lowest BCUT2D eigenvalue weighted by molar-refractivity contribution is 0.629. The van der Waals surface area contributed by atoms with Crippen molar-refractivity contribution in [3.8, 4) is 12.3 Å². The minimum absolute atomic E-state index is 0.140. The predicted octanol–water partition coefficient (Wildman–Crippen LogP) is 2.28. The average molecular weight is 187 g/mol. The van der Waals surface area contributed by atoms with Gasteiger partial charge in [0.1, 0.15) is 0 Å². The first-order valence-corrected chi connectivity index (χ1v) is 4.97. The van der Waals surface area contributed by atoms with Gasteiger partial charge in [-0.2, -0.15) is 0 Å². The maximum absolute atomic E-state index is 5.82. The molecule has 2 N–H and O–H groups in total. The molecule has 0 amide bonds. The van der Waals surface area contributed by atoms with Crippen LogP contribution in [0.3, 0.4) is 0 Å². The summed E-state index contributed by atoms with van der Waals surface area (Å²) in [4.78, 5) is 0. The van der Waals surface area contributed by atoms with Gasteiger partial charge in [-0.3, -0.25) is 0 Å². The molecule has 0 aliphatic heterocycles. The third kappa shape index (κ3) is 3.64. The molecule has 0 saturated carbocycles. The summed E-state index contributed by atoms with van der Waals surface area (Å²) in [5.74, 6) is 2.59. The van der Waals surface area contributed by atoms with Crippen LogP contribution in [-0.4, -0.2) is 6.04 Å². The van der Waals surface area contributed by atoms with Crippen molar-refractivity contribution in [2.45, 2.75) is 32.2 Å². The van der Waals surface area contributed by atoms with Gasteiger partial charge >= 0.3 is 0 Å². The molecule has 1 rings (SSSR count). The van der Waals surface area contributed by atoms with Gasteiger partial charge in [-0.25, -0.2) is 0 Å². The average Bonchev–Trinajstić information content (AvgIpc) is 2.17. The number of benzene rings is 1. The van der Waals surface area contributed by atoms with Crippen molar-refractivity contribution in [2.24, 2.45) is 5.73 Å². The van der Waals surface area contributed by atoms with E-state index in [1.165, 1.54) is 11.1 Å². The molecular formula is C13H17N. The maximum Gasteiger partial charge on any atom is 0.0238 e. The highest BCUT2D eigenvalue weighted by atomic mass is 14.6. The zero-order valence-corrected chi connectivity index (χ0v) is 8.66. The number of hydrogen-bond acceptors (Lipinski definition) is 1. The third-order valence-electron chi connectivity index (χ3n) is 2.30. The van der Waals surface area contributed by atoms with Crippen LogP contribution in [-0.2, 0) is 6.42 Å². The van der Waals surface area contributed by atoms with Gasteiger partial charge in [-0.05, 0) is 25.3 Å². The topological polar surface area (TPSA) is 26.0 Å². The molecule has 1 aromatic carbocycles. The highest BCUT2D eigenvalue weighted by Crippen LogP contribution is 2.07. The molecule has 0 aliphatic rings. The molecule has 0 fully saturated rings. The Kier molecular flexibility index (Phi) is 4.22. The lowest BCUT2D eigenvalue weighted by Gasteiger charge is -2.07. The van der Waals surface area contributed by atoms with Crippen molar-refractivity contribution in [2.75, 3.05) is 0 Å². The van der Waals surface area contributed by atoms with E-state index in [1.54, 1.807) is 0 Å². The Bertz CT molecular complexity index is 305. The highest BCUT2D eigenvalue weighted by molar-refractivity contribution is 5.21. The molecule has 14 heavy (non-hydrogen) atoms. The monoisotopic (exact) mass is 187 g/mol. The predicted molar refractivity (Wildman–Crippen MR) is 60.9 cm³/mol. The van der Waals surface area contributed by atoms with Gasteiger partial charge < -0.3 is 5.73 Å². The van der Waals surface area contributed by atoms with Gasteiger partial charge in [0, 0.05) is 12.5 Å². The first-order valence-electron chi connectivity index (χ1n) is 4.97. The second-order valence-electron chi connectivity index (χ2n) is 3.69. The quantitative estimate of drug-likeness (QED) is 0.719. The van der Waals surface area contributed by atoms with Crippen LogP contribution in [0, 0.1) is 19.3 Å². The van der Waals surface area contributed by atoms with Crippen LogP contribution in [0.2, 0.25) is 0 Å². The zero-order chi connectivity index (χ0) is 10.4. The lowest BCUT2D eigenvalue weighted by Crippen LogP contribution is -2.19. The summed E-state index contributed by atoms with van der Waals surface area (Å²) in [6.45, 7) is 2.09. The maximum atomic E-state index is 5.82. The molecule has 0 bridgehead atoms. The number of aryl methyl sites for hydroxylation is 2. The van der Waals surface area contributed by atoms with Gasteiger partial charge in [0.2, 0.25) is 0 Å². The summed E-state index contributed by atoms with van der Waals surface area (Å²) in [6, 6.07) is 8.70. The summed E-state index contributed by atoms with van der Waals surface area (Å²) >= 11 is 0. The fourth-order valence-corrected chi connectivity index (χ4v) is 1.36. The lowest BCUT2D eigenvalue weighted by atomic mass is 10.0. The second-order valence-corrected chi connectivity index (χ2v) is 3.69. The Morgan fingerprint density at radius 2 is 2.00 bits per heavy atom. The molecule has 1 aromatic rings. The molecule has 0 aromatic heterocycles. The van der Waals surface area contributed by atoms with E-state index in [9.17, 15) is 0 Å². The molecule has 1 nitrogen and oxygen atoms in total. The van der Waals surface area contributed by atoms with Gasteiger partial charge in [0.25, 0.3) is 0 Å². The van der Waals surface area contributed by atoms with Crippen LogP contribution in [0.1, 0.15) is 24.0 Å². The third-order valence-corrected chi connectivity index (χ3v) is 2.30. The highest BCUT2D eigenvalue weighted by Gasteiger charge is 2.00. The van der Waals surface area contributed by atoms with E-state index >= 15 is 0 Å². The van der Waals surface area contributed by atoms with Crippen molar-refractivity contribution in [1.29, 1.82) is 0 Å². The van der Waals surface area contributed by atoms with Gasteiger partial charge in [0.15, 0.2) is 0 Å². The normalized spacial score (nSPS) is 12.1. The van der Waals surface area contributed by atoms with Gasteiger partial charge in [0.05, 0.1) is 0 Å². The van der Waals surface area contributed by atoms with Crippen molar-refractivity contribution in [3.05, 3.63) is 35.4 Å². The van der Waals surface area contributed by atoms with E-state index in [0.717, 1.165) is 12.8 Å². The van der Waals surface area contributed by atoms with Crippen LogP contribution in [0.4, 0.5) is 0 Å². The molecule has 0 saturated heterocycles. The second kappa shape index (κ2) is 5.47. The Morgan fingerprint density at radius 1 is 1.36 bits per heavy atom. The number of rotatable bonds is 4. The minimum Gasteiger partial charge on any atom is -0.327 e. The van der Waals surface area contributed by atoms with E-state index in [0.29, 0.717) is 6.42 Å². The summed E-state index contributed by atoms with van der Waals surface area (Å²) in [6.07, 6.45) is 7.84. The molecular weight excluding hydrogens is 170 g/mol. The smallest absolute Gasteiger partial charge is 0.0238 e. The summed E-state index contributed by atoms with van der Waals surface area (Å²) in [7, 11) is 0. The Balaban J connectivity index is 2.39. The van der Waals surface area contributed by atoms with Gasteiger partial charge in [-0.15, -0.1) is 12.3 Å². The Labute approximate surface area is 86.3 Å². The van der Waals surface area contributed by atoms with Crippen molar-refractivity contribution < 1.29 is 0 Å². The SMILES string of the molecule is C#CCC(N)CCc1ccc(C)cc1. The van der Waals surface area contributed by atoms with Gasteiger partial charge in [-0.1, -0.05) is 29.8 Å². The molecule has 1 atom stereocenters. The summed E-state index contributed by atoms with van der Waals surface area (Å²) < 4.78 is 0. The molecule has 0 spiro atoms. The minimum atomic E-state index is 0.140. The van der Waals surface area contributed by atoms with Crippen molar-refractivity contribution >= 4 is 0 Å². The van der Waals surface area contributed by atoms with Crippen LogP contribution in [0.25, 0.3) is 0 Å².